The van der Waals surface area contributed by atoms with Crippen LogP contribution in [0.4, 0.5) is 0 Å². The Morgan fingerprint density at radius 1 is 1.10 bits per heavy atom. The van der Waals surface area contributed by atoms with Crippen LogP contribution in [0.15, 0.2) is 22.7 Å². The minimum absolute atomic E-state index is 0.455. The average molecular weight is 348 g/mol. The lowest BCUT2D eigenvalue weighted by atomic mass is 10.1. The van der Waals surface area contributed by atoms with E-state index in [0.717, 1.165) is 33.8 Å². The number of hydrogen-bond acceptors (Lipinski definition) is 3. The predicted molar refractivity (Wildman–Crippen MR) is 91.4 cm³/mol. The van der Waals surface area contributed by atoms with Crippen LogP contribution in [-0.2, 0) is 6.54 Å². The maximum Gasteiger partial charge on any atom is 0.159 e. The summed E-state index contributed by atoms with van der Waals surface area (Å²) in [6, 6.07) is 6.69. The largest absolute Gasteiger partial charge is 0.310 e. The number of hydrogen-bond donors (Lipinski definition) is 1. The SMILES string of the molecule is Cc1ccc(-c2nc(C)c(CNC(C)C)c(C)n2)cc1Br. The first-order valence-corrected chi connectivity index (χ1v) is 8.01. The van der Waals surface area contributed by atoms with Gasteiger partial charge in [-0.2, -0.15) is 0 Å². The van der Waals surface area contributed by atoms with Crippen LogP contribution >= 0.6 is 15.9 Å². The quantitative estimate of drug-likeness (QED) is 0.894. The molecule has 1 heterocycles. The van der Waals surface area contributed by atoms with Crippen molar-refractivity contribution in [2.75, 3.05) is 0 Å². The molecule has 0 fully saturated rings. The maximum absolute atomic E-state index is 4.68. The highest BCUT2D eigenvalue weighted by atomic mass is 79.9. The van der Waals surface area contributed by atoms with Crippen molar-refractivity contribution in [3.8, 4) is 11.4 Å². The molecule has 0 aliphatic carbocycles. The minimum atomic E-state index is 0.455. The van der Waals surface area contributed by atoms with Gasteiger partial charge in [-0.1, -0.05) is 41.9 Å². The molecular formula is C17H22BrN3. The van der Waals surface area contributed by atoms with Crippen molar-refractivity contribution in [1.82, 2.24) is 15.3 Å². The molecule has 2 rings (SSSR count). The molecule has 0 saturated heterocycles. The van der Waals surface area contributed by atoms with E-state index in [2.05, 4.69) is 84.0 Å². The Kier molecular flexibility index (Phi) is 5.12. The summed E-state index contributed by atoms with van der Waals surface area (Å²) in [5.41, 5.74) is 5.54. The normalized spacial score (nSPS) is 11.2. The second-order valence-electron chi connectivity index (χ2n) is 5.70. The van der Waals surface area contributed by atoms with Crippen LogP contribution in [0, 0.1) is 20.8 Å². The van der Waals surface area contributed by atoms with Gasteiger partial charge in [-0.15, -0.1) is 0 Å². The summed E-state index contributed by atoms with van der Waals surface area (Å²) >= 11 is 3.57. The molecule has 0 amide bonds. The van der Waals surface area contributed by atoms with Crippen molar-refractivity contribution in [2.24, 2.45) is 0 Å². The molecule has 0 spiro atoms. The van der Waals surface area contributed by atoms with E-state index in [-0.39, 0.29) is 0 Å². The fraction of sp³-hybridized carbons (Fsp3) is 0.412. The van der Waals surface area contributed by atoms with Gasteiger partial charge in [-0.25, -0.2) is 9.97 Å². The zero-order valence-corrected chi connectivity index (χ0v) is 14.9. The predicted octanol–water partition coefficient (Wildman–Crippen LogP) is 4.33. The number of nitrogens with zero attached hydrogens (tertiary/aromatic N) is 2. The van der Waals surface area contributed by atoms with E-state index in [0.29, 0.717) is 6.04 Å². The van der Waals surface area contributed by atoms with E-state index in [1.54, 1.807) is 0 Å². The first-order chi connectivity index (χ1) is 9.88. The summed E-state index contributed by atoms with van der Waals surface area (Å²) in [7, 11) is 0. The number of halogens is 1. The molecule has 0 unspecified atom stereocenters. The van der Waals surface area contributed by atoms with Crippen LogP contribution in [0.25, 0.3) is 11.4 Å². The Morgan fingerprint density at radius 3 is 2.24 bits per heavy atom. The van der Waals surface area contributed by atoms with E-state index < -0.39 is 0 Å². The standard InChI is InChI=1S/C17H22BrN3/c1-10(2)19-9-15-12(4)20-17(21-13(15)5)14-7-6-11(3)16(18)8-14/h6-8,10,19H,9H2,1-5H3. The Hall–Kier alpha value is -1.26. The highest BCUT2D eigenvalue weighted by molar-refractivity contribution is 9.10. The lowest BCUT2D eigenvalue weighted by Gasteiger charge is -2.14. The summed E-state index contributed by atoms with van der Waals surface area (Å²) in [6.45, 7) is 11.3. The molecule has 0 bridgehead atoms. The van der Waals surface area contributed by atoms with Gasteiger partial charge in [0.1, 0.15) is 0 Å². The summed E-state index contributed by atoms with van der Waals surface area (Å²) in [5.74, 6) is 0.791. The summed E-state index contributed by atoms with van der Waals surface area (Å²) in [4.78, 5) is 9.36. The zero-order chi connectivity index (χ0) is 15.6. The summed E-state index contributed by atoms with van der Waals surface area (Å²) in [6.07, 6.45) is 0. The Balaban J connectivity index is 2.36. The van der Waals surface area contributed by atoms with Crippen LogP contribution in [0.5, 0.6) is 0 Å². The van der Waals surface area contributed by atoms with Crippen molar-refractivity contribution in [2.45, 2.75) is 47.2 Å². The van der Waals surface area contributed by atoms with Crippen molar-refractivity contribution in [3.05, 3.63) is 45.2 Å². The molecule has 0 atom stereocenters. The van der Waals surface area contributed by atoms with Gasteiger partial charge >= 0.3 is 0 Å². The second-order valence-corrected chi connectivity index (χ2v) is 6.55. The van der Waals surface area contributed by atoms with Gasteiger partial charge < -0.3 is 5.32 Å². The molecule has 21 heavy (non-hydrogen) atoms. The van der Waals surface area contributed by atoms with E-state index in [4.69, 9.17) is 0 Å². The smallest absolute Gasteiger partial charge is 0.159 e. The fourth-order valence-electron chi connectivity index (χ4n) is 2.16. The van der Waals surface area contributed by atoms with Crippen LogP contribution < -0.4 is 5.32 Å². The Bertz CT molecular complexity index is 627. The summed E-state index contributed by atoms with van der Waals surface area (Å²) < 4.78 is 1.09. The molecule has 4 heteroatoms. The van der Waals surface area contributed by atoms with E-state index in [1.165, 1.54) is 11.1 Å². The maximum atomic E-state index is 4.68. The summed E-state index contributed by atoms with van der Waals surface area (Å²) in [5, 5.41) is 3.43. The number of aryl methyl sites for hydroxylation is 3. The molecule has 0 aliphatic heterocycles. The monoisotopic (exact) mass is 347 g/mol. The van der Waals surface area contributed by atoms with Crippen molar-refractivity contribution in [3.63, 3.8) is 0 Å². The first-order valence-electron chi connectivity index (χ1n) is 7.22. The number of benzene rings is 1. The molecule has 2 aromatic rings. The molecule has 1 N–H and O–H groups in total. The topological polar surface area (TPSA) is 37.8 Å². The third kappa shape index (κ3) is 3.89. The highest BCUT2D eigenvalue weighted by Gasteiger charge is 2.11. The fourth-order valence-corrected chi connectivity index (χ4v) is 2.54. The second kappa shape index (κ2) is 6.67. The van der Waals surface area contributed by atoms with E-state index in [1.807, 2.05) is 0 Å². The average Bonchev–Trinajstić information content (AvgIpc) is 2.40. The lowest BCUT2D eigenvalue weighted by molar-refractivity contribution is 0.583. The van der Waals surface area contributed by atoms with Crippen LogP contribution in [0.2, 0.25) is 0 Å². The van der Waals surface area contributed by atoms with Crippen molar-refractivity contribution >= 4 is 15.9 Å². The molecule has 3 nitrogen and oxygen atoms in total. The lowest BCUT2D eigenvalue weighted by Crippen LogP contribution is -2.23. The third-order valence-electron chi connectivity index (χ3n) is 3.54. The number of nitrogens with one attached hydrogen (secondary N) is 1. The third-order valence-corrected chi connectivity index (χ3v) is 4.39. The van der Waals surface area contributed by atoms with E-state index in [9.17, 15) is 0 Å². The molecule has 0 radical (unpaired) electrons. The molecule has 0 aliphatic rings. The Labute approximate surface area is 135 Å². The first kappa shape index (κ1) is 16.1. The molecule has 1 aromatic heterocycles. The van der Waals surface area contributed by atoms with Gasteiger partial charge in [-0.05, 0) is 32.4 Å². The van der Waals surface area contributed by atoms with Gasteiger partial charge in [0.25, 0.3) is 0 Å². The van der Waals surface area contributed by atoms with Crippen LogP contribution in [0.3, 0.4) is 0 Å². The van der Waals surface area contributed by atoms with Gasteiger partial charge in [0, 0.05) is 39.6 Å². The van der Waals surface area contributed by atoms with Crippen molar-refractivity contribution < 1.29 is 0 Å². The number of rotatable bonds is 4. The van der Waals surface area contributed by atoms with Crippen molar-refractivity contribution in [1.29, 1.82) is 0 Å². The van der Waals surface area contributed by atoms with Crippen LogP contribution in [0.1, 0.15) is 36.4 Å². The molecular weight excluding hydrogens is 326 g/mol. The van der Waals surface area contributed by atoms with Crippen LogP contribution in [-0.4, -0.2) is 16.0 Å². The van der Waals surface area contributed by atoms with Gasteiger partial charge in [0.2, 0.25) is 0 Å². The minimum Gasteiger partial charge on any atom is -0.310 e. The van der Waals surface area contributed by atoms with E-state index >= 15 is 0 Å². The van der Waals surface area contributed by atoms with Gasteiger partial charge in [-0.3, -0.25) is 0 Å². The molecule has 0 saturated carbocycles. The zero-order valence-electron chi connectivity index (χ0n) is 13.3. The number of aromatic nitrogens is 2. The Morgan fingerprint density at radius 2 is 1.71 bits per heavy atom. The van der Waals surface area contributed by atoms with Gasteiger partial charge in [0.15, 0.2) is 5.82 Å². The highest BCUT2D eigenvalue weighted by Crippen LogP contribution is 2.24. The van der Waals surface area contributed by atoms with Gasteiger partial charge in [0.05, 0.1) is 0 Å². The molecule has 112 valence electrons. The molecule has 1 aromatic carbocycles.